The Balaban J connectivity index is 1.36. The predicted molar refractivity (Wildman–Crippen MR) is 191 cm³/mol. The molecule has 0 aliphatic carbocycles. The fraction of sp³-hybridized carbons (Fsp3) is 0. The molecule has 45 heavy (non-hydrogen) atoms. The standard InChI is InChI=1S/C42H25BN2/c1-3-12-26(13-4-1)28-24-34(27-14-5-2-6-15-27)39-33-20-10-21-35-42(33)44(38(39)25-28)37-23-11-17-30-32-19-9-18-31-29-16-7-8-22-36(29)45(41(31)32)43(35)40(30)37/h1-25H. The molecule has 11 rings (SSSR count). The second-order valence-electron chi connectivity index (χ2n) is 12.5. The van der Waals surface area contributed by atoms with Gasteiger partial charge in [0.1, 0.15) is 0 Å². The van der Waals surface area contributed by atoms with E-state index in [0.717, 1.165) is 0 Å². The predicted octanol–water partition coefficient (Wildman–Crippen LogP) is 9.17. The molecule has 0 unspecified atom stereocenters. The number of rotatable bonds is 2. The van der Waals surface area contributed by atoms with Gasteiger partial charge >= 0.3 is 6.85 Å². The van der Waals surface area contributed by atoms with E-state index in [2.05, 4.69) is 161 Å². The van der Waals surface area contributed by atoms with Crippen LogP contribution in [0.3, 0.4) is 0 Å². The number of aromatic nitrogens is 2. The molecule has 0 N–H and O–H groups in total. The number of para-hydroxylation sites is 3. The van der Waals surface area contributed by atoms with Gasteiger partial charge in [-0.2, -0.15) is 0 Å². The number of hydrogen-bond donors (Lipinski definition) is 0. The minimum atomic E-state index is 0.0859. The molecule has 0 saturated carbocycles. The zero-order chi connectivity index (χ0) is 29.2. The zero-order valence-corrected chi connectivity index (χ0v) is 24.4. The lowest BCUT2D eigenvalue weighted by Crippen LogP contribution is -2.55. The smallest absolute Gasteiger partial charge is 0.333 e. The van der Waals surface area contributed by atoms with Gasteiger partial charge in [-0.15, -0.1) is 0 Å². The summed E-state index contributed by atoms with van der Waals surface area (Å²) in [5.74, 6) is 0. The van der Waals surface area contributed by atoms with Crippen LogP contribution in [-0.4, -0.2) is 15.9 Å². The highest BCUT2D eigenvalue weighted by Gasteiger charge is 2.41. The van der Waals surface area contributed by atoms with Crippen molar-refractivity contribution in [2.24, 2.45) is 0 Å². The van der Waals surface area contributed by atoms with Crippen LogP contribution in [0.25, 0.3) is 82.7 Å². The molecular weight excluding hydrogens is 543 g/mol. The van der Waals surface area contributed by atoms with E-state index < -0.39 is 0 Å². The van der Waals surface area contributed by atoms with Crippen LogP contribution < -0.4 is 10.9 Å². The van der Waals surface area contributed by atoms with Gasteiger partial charge in [-0.1, -0.05) is 127 Å². The monoisotopic (exact) mass is 568 g/mol. The first-order valence-corrected chi connectivity index (χ1v) is 15.7. The van der Waals surface area contributed by atoms with Gasteiger partial charge in [0.05, 0.1) is 11.0 Å². The van der Waals surface area contributed by atoms with E-state index in [1.165, 1.54) is 93.6 Å². The van der Waals surface area contributed by atoms with Gasteiger partial charge in [-0.05, 0) is 63.0 Å². The van der Waals surface area contributed by atoms with Gasteiger partial charge in [0.2, 0.25) is 0 Å². The Hall–Kier alpha value is -5.80. The van der Waals surface area contributed by atoms with E-state index in [-0.39, 0.29) is 6.85 Å². The van der Waals surface area contributed by atoms with E-state index in [4.69, 9.17) is 0 Å². The molecule has 2 aliphatic heterocycles. The molecule has 0 saturated heterocycles. The van der Waals surface area contributed by atoms with Gasteiger partial charge in [0.15, 0.2) is 0 Å². The molecule has 7 aromatic carbocycles. The maximum atomic E-state index is 2.63. The third-order valence-corrected chi connectivity index (χ3v) is 10.3. The molecular formula is C42H25BN2. The van der Waals surface area contributed by atoms with E-state index in [9.17, 15) is 0 Å². The molecule has 2 nitrogen and oxygen atoms in total. The van der Waals surface area contributed by atoms with Crippen molar-refractivity contribution in [3.8, 4) is 39.1 Å². The van der Waals surface area contributed by atoms with Gasteiger partial charge in [0, 0.05) is 43.8 Å². The lowest BCUT2D eigenvalue weighted by molar-refractivity contribution is 1.17. The molecule has 0 spiro atoms. The molecule has 3 heteroatoms. The summed E-state index contributed by atoms with van der Waals surface area (Å²) in [5, 5.41) is 5.27. The zero-order valence-electron chi connectivity index (χ0n) is 24.4. The van der Waals surface area contributed by atoms with Crippen molar-refractivity contribution in [2.45, 2.75) is 0 Å². The Morgan fingerprint density at radius 1 is 0.422 bits per heavy atom. The summed E-state index contributed by atoms with van der Waals surface area (Å²) in [5.41, 5.74) is 16.9. The minimum absolute atomic E-state index is 0.0859. The summed E-state index contributed by atoms with van der Waals surface area (Å²) < 4.78 is 5.21. The second-order valence-corrected chi connectivity index (χ2v) is 12.5. The van der Waals surface area contributed by atoms with Crippen LogP contribution in [0.5, 0.6) is 0 Å². The number of fused-ring (bicyclic) bond motifs is 10. The third kappa shape index (κ3) is 2.91. The first-order chi connectivity index (χ1) is 22.4. The number of hydrogen-bond acceptors (Lipinski definition) is 0. The highest BCUT2D eigenvalue weighted by Crippen LogP contribution is 2.45. The normalized spacial score (nSPS) is 12.8. The van der Waals surface area contributed by atoms with Crippen LogP contribution >= 0.6 is 0 Å². The quantitative estimate of drug-likeness (QED) is 0.184. The fourth-order valence-electron chi connectivity index (χ4n) is 8.56. The summed E-state index contributed by atoms with van der Waals surface area (Å²) >= 11 is 0. The maximum absolute atomic E-state index is 2.63. The SMILES string of the molecule is c1ccc(-c2cc(-c3ccccc3)c3c4cccc5c4n(c3c2)-c2cccc3c2B5n2c4ccccc4c4cccc-3c42)cc1. The Kier molecular flexibility index (Phi) is 4.43. The summed E-state index contributed by atoms with van der Waals surface area (Å²) in [4.78, 5) is 0. The van der Waals surface area contributed by atoms with Crippen LogP contribution in [0.1, 0.15) is 0 Å². The Labute approximate surface area is 260 Å². The summed E-state index contributed by atoms with van der Waals surface area (Å²) in [6.07, 6.45) is 0. The lowest BCUT2D eigenvalue weighted by Gasteiger charge is -2.33. The van der Waals surface area contributed by atoms with E-state index in [1.807, 2.05) is 0 Å². The van der Waals surface area contributed by atoms with Crippen molar-refractivity contribution in [1.29, 1.82) is 0 Å². The Bertz CT molecular complexity index is 2700. The Morgan fingerprint density at radius 3 is 1.98 bits per heavy atom. The first-order valence-electron chi connectivity index (χ1n) is 15.7. The molecule has 206 valence electrons. The van der Waals surface area contributed by atoms with E-state index in [0.29, 0.717) is 0 Å². The van der Waals surface area contributed by atoms with Crippen molar-refractivity contribution >= 4 is 61.4 Å². The van der Waals surface area contributed by atoms with Crippen LogP contribution in [0.2, 0.25) is 0 Å². The molecule has 0 fully saturated rings. The Morgan fingerprint density at radius 2 is 1.11 bits per heavy atom. The molecule has 0 radical (unpaired) electrons. The topological polar surface area (TPSA) is 9.86 Å². The van der Waals surface area contributed by atoms with Crippen molar-refractivity contribution < 1.29 is 0 Å². The van der Waals surface area contributed by atoms with Crippen molar-refractivity contribution in [1.82, 2.24) is 9.05 Å². The first kappa shape index (κ1) is 23.6. The molecule has 0 atom stereocenters. The van der Waals surface area contributed by atoms with Gasteiger partial charge < -0.3 is 9.05 Å². The van der Waals surface area contributed by atoms with Crippen molar-refractivity contribution in [3.63, 3.8) is 0 Å². The molecule has 4 heterocycles. The number of benzene rings is 7. The number of nitrogens with zero attached hydrogens (tertiary/aromatic N) is 2. The average molecular weight is 568 g/mol. The molecule has 0 bridgehead atoms. The van der Waals surface area contributed by atoms with Crippen LogP contribution in [-0.2, 0) is 0 Å². The fourth-order valence-corrected chi connectivity index (χ4v) is 8.56. The largest absolute Gasteiger partial charge is 0.375 e. The second kappa shape index (κ2) is 8.43. The van der Waals surface area contributed by atoms with E-state index >= 15 is 0 Å². The van der Waals surface area contributed by atoms with Crippen LogP contribution in [0, 0.1) is 0 Å². The highest BCUT2D eigenvalue weighted by molar-refractivity contribution is 6.90. The van der Waals surface area contributed by atoms with Gasteiger partial charge in [0.25, 0.3) is 0 Å². The summed E-state index contributed by atoms with van der Waals surface area (Å²) in [6.45, 7) is 0.0859. The minimum Gasteiger partial charge on any atom is -0.375 e. The van der Waals surface area contributed by atoms with Crippen molar-refractivity contribution in [3.05, 3.63) is 152 Å². The van der Waals surface area contributed by atoms with Gasteiger partial charge in [-0.25, -0.2) is 0 Å². The summed E-state index contributed by atoms with van der Waals surface area (Å²) in [7, 11) is 0. The van der Waals surface area contributed by atoms with Gasteiger partial charge in [-0.3, -0.25) is 0 Å². The maximum Gasteiger partial charge on any atom is 0.333 e. The molecule has 2 aliphatic rings. The third-order valence-electron chi connectivity index (χ3n) is 10.3. The van der Waals surface area contributed by atoms with Crippen LogP contribution in [0.4, 0.5) is 0 Å². The molecule has 9 aromatic rings. The van der Waals surface area contributed by atoms with Crippen LogP contribution in [0.15, 0.2) is 152 Å². The molecule has 0 amide bonds. The summed E-state index contributed by atoms with van der Waals surface area (Å²) in [6, 6.07) is 56.2. The lowest BCUT2D eigenvalue weighted by atomic mass is 9.45. The van der Waals surface area contributed by atoms with E-state index in [1.54, 1.807) is 0 Å². The highest BCUT2D eigenvalue weighted by atomic mass is 15.0. The van der Waals surface area contributed by atoms with Crippen molar-refractivity contribution in [2.75, 3.05) is 0 Å². The average Bonchev–Trinajstić information content (AvgIpc) is 3.63. The molecule has 2 aromatic heterocycles.